The van der Waals surface area contributed by atoms with Gasteiger partial charge >= 0.3 is 0 Å². The number of nitrogens with zero attached hydrogens (tertiary/aromatic N) is 3. The minimum absolute atomic E-state index is 0.0624. The number of rotatable bonds is 3. The second-order valence-electron chi connectivity index (χ2n) is 4.71. The van der Waals surface area contributed by atoms with Gasteiger partial charge < -0.3 is 5.73 Å². The van der Waals surface area contributed by atoms with Gasteiger partial charge in [0.2, 0.25) is 0 Å². The van der Waals surface area contributed by atoms with Crippen LogP contribution in [0.15, 0.2) is 11.1 Å². The standard InChI is InChI=1S/C11H20N4O2S/c1-3-15-11(7-9(2)13-15)18(16,17)14-6-4-5-10(12)8-14/h7,10H,3-6,8,12H2,1-2H3/t10-/m0/s1. The maximum absolute atomic E-state index is 12.5. The molecule has 7 heteroatoms. The van der Waals surface area contributed by atoms with Crippen LogP contribution in [0.2, 0.25) is 0 Å². The van der Waals surface area contributed by atoms with Crippen molar-refractivity contribution in [3.63, 3.8) is 0 Å². The van der Waals surface area contributed by atoms with Gasteiger partial charge in [-0.2, -0.15) is 9.40 Å². The Kier molecular flexibility index (Phi) is 3.74. The molecule has 0 bridgehead atoms. The molecule has 0 spiro atoms. The van der Waals surface area contributed by atoms with Crippen LogP contribution in [0, 0.1) is 6.92 Å². The number of nitrogens with two attached hydrogens (primary N) is 1. The summed E-state index contributed by atoms with van der Waals surface area (Å²) in [7, 11) is -3.46. The Labute approximate surface area is 108 Å². The van der Waals surface area contributed by atoms with Crippen LogP contribution in [0.1, 0.15) is 25.5 Å². The molecule has 6 nitrogen and oxygen atoms in total. The zero-order valence-electron chi connectivity index (χ0n) is 10.8. The lowest BCUT2D eigenvalue weighted by Gasteiger charge is -2.29. The molecule has 0 unspecified atom stereocenters. The summed E-state index contributed by atoms with van der Waals surface area (Å²) in [5.41, 5.74) is 6.57. The molecule has 0 aromatic carbocycles. The molecule has 0 amide bonds. The number of hydrogen-bond donors (Lipinski definition) is 1. The van der Waals surface area contributed by atoms with Gasteiger partial charge in [0.05, 0.1) is 5.69 Å². The van der Waals surface area contributed by atoms with Gasteiger partial charge in [-0.25, -0.2) is 8.42 Å². The summed E-state index contributed by atoms with van der Waals surface area (Å²) < 4.78 is 28.1. The predicted molar refractivity (Wildman–Crippen MR) is 68.6 cm³/mol. The average molecular weight is 272 g/mol. The van der Waals surface area contributed by atoms with Crippen molar-refractivity contribution in [1.29, 1.82) is 0 Å². The van der Waals surface area contributed by atoms with Gasteiger partial charge in [0.25, 0.3) is 10.0 Å². The zero-order valence-corrected chi connectivity index (χ0v) is 11.7. The maximum Gasteiger partial charge on any atom is 0.260 e. The van der Waals surface area contributed by atoms with Crippen molar-refractivity contribution in [2.24, 2.45) is 5.73 Å². The van der Waals surface area contributed by atoms with Crippen molar-refractivity contribution in [2.75, 3.05) is 13.1 Å². The maximum atomic E-state index is 12.5. The minimum Gasteiger partial charge on any atom is -0.327 e. The molecular weight excluding hydrogens is 252 g/mol. The fraction of sp³-hybridized carbons (Fsp3) is 0.727. The molecule has 0 saturated carbocycles. The van der Waals surface area contributed by atoms with Crippen LogP contribution in [-0.2, 0) is 16.6 Å². The molecule has 1 atom stereocenters. The third kappa shape index (κ3) is 2.43. The molecule has 1 fully saturated rings. The molecule has 2 N–H and O–H groups in total. The lowest BCUT2D eigenvalue weighted by Crippen LogP contribution is -2.46. The Morgan fingerprint density at radius 2 is 2.28 bits per heavy atom. The average Bonchev–Trinajstić information content (AvgIpc) is 2.71. The van der Waals surface area contributed by atoms with E-state index in [1.807, 2.05) is 6.92 Å². The molecule has 1 saturated heterocycles. The van der Waals surface area contributed by atoms with Gasteiger partial charge in [0, 0.05) is 25.7 Å². The van der Waals surface area contributed by atoms with Gasteiger partial charge in [-0.3, -0.25) is 4.68 Å². The van der Waals surface area contributed by atoms with Crippen LogP contribution in [0.3, 0.4) is 0 Å². The van der Waals surface area contributed by atoms with Crippen molar-refractivity contribution >= 4 is 10.0 Å². The molecule has 2 rings (SSSR count). The summed E-state index contributed by atoms with van der Waals surface area (Å²) >= 11 is 0. The van der Waals surface area contributed by atoms with E-state index in [0.29, 0.717) is 19.6 Å². The van der Waals surface area contributed by atoms with Gasteiger partial charge in [0.15, 0.2) is 5.03 Å². The molecule has 0 aliphatic carbocycles. The Balaban J connectivity index is 2.35. The number of aromatic nitrogens is 2. The summed E-state index contributed by atoms with van der Waals surface area (Å²) in [6.45, 7) is 5.17. The van der Waals surface area contributed by atoms with Crippen molar-refractivity contribution in [2.45, 2.75) is 44.3 Å². The van der Waals surface area contributed by atoms with E-state index in [-0.39, 0.29) is 11.1 Å². The minimum atomic E-state index is -3.46. The van der Waals surface area contributed by atoms with E-state index in [1.54, 1.807) is 13.0 Å². The topological polar surface area (TPSA) is 81.2 Å². The molecule has 1 aromatic heterocycles. The van der Waals surface area contributed by atoms with Crippen LogP contribution in [0.25, 0.3) is 0 Å². The second kappa shape index (κ2) is 4.99. The highest BCUT2D eigenvalue weighted by atomic mass is 32.2. The first-order chi connectivity index (χ1) is 8.45. The molecule has 1 aliphatic rings. The monoisotopic (exact) mass is 272 g/mol. The second-order valence-corrected chi connectivity index (χ2v) is 6.59. The van der Waals surface area contributed by atoms with E-state index in [9.17, 15) is 8.42 Å². The Hall–Kier alpha value is -0.920. The van der Waals surface area contributed by atoms with Gasteiger partial charge in [-0.1, -0.05) is 0 Å². The molecule has 102 valence electrons. The van der Waals surface area contributed by atoms with E-state index in [4.69, 9.17) is 5.73 Å². The SMILES string of the molecule is CCn1nc(C)cc1S(=O)(=O)N1CCC[C@H](N)C1. The summed E-state index contributed by atoms with van der Waals surface area (Å²) in [5.74, 6) is 0. The normalized spacial score (nSPS) is 22.3. The Morgan fingerprint density at radius 1 is 1.56 bits per heavy atom. The highest BCUT2D eigenvalue weighted by Crippen LogP contribution is 2.20. The smallest absolute Gasteiger partial charge is 0.260 e. The van der Waals surface area contributed by atoms with Crippen LogP contribution < -0.4 is 5.73 Å². The van der Waals surface area contributed by atoms with Crippen LogP contribution in [0.5, 0.6) is 0 Å². The summed E-state index contributed by atoms with van der Waals surface area (Å²) in [6, 6.07) is 1.56. The lowest BCUT2D eigenvalue weighted by molar-refractivity contribution is 0.313. The van der Waals surface area contributed by atoms with Gasteiger partial charge in [-0.15, -0.1) is 0 Å². The highest BCUT2D eigenvalue weighted by Gasteiger charge is 2.31. The summed E-state index contributed by atoms with van der Waals surface area (Å²) in [6.07, 6.45) is 1.71. The van der Waals surface area contributed by atoms with Crippen molar-refractivity contribution in [1.82, 2.24) is 14.1 Å². The van der Waals surface area contributed by atoms with E-state index in [2.05, 4.69) is 5.10 Å². The first-order valence-corrected chi connectivity index (χ1v) is 7.69. The Bertz CT molecular complexity index is 523. The van der Waals surface area contributed by atoms with E-state index < -0.39 is 10.0 Å². The number of hydrogen-bond acceptors (Lipinski definition) is 4. The number of piperidine rings is 1. The lowest BCUT2D eigenvalue weighted by atomic mass is 10.1. The predicted octanol–water partition coefficient (Wildman–Crippen LogP) is 0.323. The van der Waals surface area contributed by atoms with Crippen LogP contribution in [-0.4, -0.2) is 41.6 Å². The van der Waals surface area contributed by atoms with Crippen LogP contribution >= 0.6 is 0 Å². The molecule has 0 radical (unpaired) electrons. The van der Waals surface area contributed by atoms with Crippen molar-refractivity contribution < 1.29 is 8.42 Å². The van der Waals surface area contributed by atoms with Gasteiger partial charge in [-0.05, 0) is 32.8 Å². The molecule has 18 heavy (non-hydrogen) atoms. The third-order valence-corrected chi connectivity index (χ3v) is 5.06. The number of sulfonamides is 1. The van der Waals surface area contributed by atoms with Crippen molar-refractivity contribution in [3.05, 3.63) is 11.8 Å². The highest BCUT2D eigenvalue weighted by molar-refractivity contribution is 7.89. The quantitative estimate of drug-likeness (QED) is 0.859. The first-order valence-electron chi connectivity index (χ1n) is 6.25. The third-order valence-electron chi connectivity index (χ3n) is 3.19. The van der Waals surface area contributed by atoms with Crippen LogP contribution in [0.4, 0.5) is 0 Å². The van der Waals surface area contributed by atoms with Crippen molar-refractivity contribution in [3.8, 4) is 0 Å². The zero-order chi connectivity index (χ0) is 13.3. The van der Waals surface area contributed by atoms with E-state index in [0.717, 1.165) is 18.5 Å². The molecule has 2 heterocycles. The largest absolute Gasteiger partial charge is 0.327 e. The van der Waals surface area contributed by atoms with E-state index >= 15 is 0 Å². The molecule has 1 aliphatic heterocycles. The number of aryl methyl sites for hydroxylation is 2. The van der Waals surface area contributed by atoms with Gasteiger partial charge in [0.1, 0.15) is 0 Å². The summed E-state index contributed by atoms with van der Waals surface area (Å²) in [5, 5.41) is 4.46. The summed E-state index contributed by atoms with van der Waals surface area (Å²) in [4.78, 5) is 0. The fourth-order valence-corrected chi connectivity index (χ4v) is 4.06. The Morgan fingerprint density at radius 3 is 2.89 bits per heavy atom. The molecular formula is C11H20N4O2S. The van der Waals surface area contributed by atoms with E-state index in [1.165, 1.54) is 8.99 Å². The molecule has 1 aromatic rings. The first kappa shape index (κ1) is 13.5. The fourth-order valence-electron chi connectivity index (χ4n) is 2.28.